The van der Waals surface area contributed by atoms with Gasteiger partial charge in [-0.3, -0.25) is 0 Å². The van der Waals surface area contributed by atoms with E-state index in [9.17, 15) is 0 Å². The summed E-state index contributed by atoms with van der Waals surface area (Å²) in [5.41, 5.74) is 3.33. The fourth-order valence-electron chi connectivity index (χ4n) is 4.08. The Kier molecular flexibility index (Phi) is 5.72. The van der Waals surface area contributed by atoms with Gasteiger partial charge in [0.1, 0.15) is 0 Å². The van der Waals surface area contributed by atoms with Gasteiger partial charge in [0.2, 0.25) is 0 Å². The molecule has 1 unspecified atom stereocenters. The Hall–Kier alpha value is -1.55. The standard InChI is InChI=1S/C22H25Cl2N3/c1-16(17-5-3-2-4-6-17)9-12-26-13-10-18(11-14-26)27-15-25-20-8-7-19(23)21(24)22(20)27/h2-8,15-16,18H,9-14H2,1H3. The van der Waals surface area contributed by atoms with Crippen molar-refractivity contribution in [2.45, 2.75) is 38.1 Å². The van der Waals surface area contributed by atoms with E-state index < -0.39 is 0 Å². The van der Waals surface area contributed by atoms with Gasteiger partial charge < -0.3 is 9.47 Å². The van der Waals surface area contributed by atoms with Crippen LogP contribution in [0.3, 0.4) is 0 Å². The Morgan fingerprint density at radius 1 is 1.07 bits per heavy atom. The molecule has 142 valence electrons. The van der Waals surface area contributed by atoms with E-state index >= 15 is 0 Å². The summed E-state index contributed by atoms with van der Waals surface area (Å²) in [5, 5.41) is 1.21. The van der Waals surface area contributed by atoms with E-state index in [-0.39, 0.29) is 0 Å². The predicted molar refractivity (Wildman–Crippen MR) is 114 cm³/mol. The number of halogens is 2. The zero-order chi connectivity index (χ0) is 18.8. The second kappa shape index (κ2) is 8.22. The van der Waals surface area contributed by atoms with E-state index in [2.05, 4.69) is 51.7 Å². The van der Waals surface area contributed by atoms with E-state index in [1.165, 1.54) is 12.0 Å². The van der Waals surface area contributed by atoms with Crippen LogP contribution in [0.1, 0.15) is 43.7 Å². The van der Waals surface area contributed by atoms with Crippen molar-refractivity contribution in [2.75, 3.05) is 19.6 Å². The van der Waals surface area contributed by atoms with E-state index in [0.29, 0.717) is 22.0 Å². The normalized spacial score (nSPS) is 17.4. The lowest BCUT2D eigenvalue weighted by Crippen LogP contribution is -2.35. The van der Waals surface area contributed by atoms with Crippen molar-refractivity contribution in [1.82, 2.24) is 14.5 Å². The minimum Gasteiger partial charge on any atom is -0.326 e. The molecule has 1 aliphatic rings. The second-order valence-corrected chi connectivity index (χ2v) is 8.34. The van der Waals surface area contributed by atoms with Crippen LogP contribution in [-0.2, 0) is 0 Å². The maximum Gasteiger partial charge on any atom is 0.0961 e. The summed E-state index contributed by atoms with van der Waals surface area (Å²) in [6.45, 7) is 5.71. The lowest BCUT2D eigenvalue weighted by molar-refractivity contribution is 0.184. The zero-order valence-electron chi connectivity index (χ0n) is 15.6. The van der Waals surface area contributed by atoms with Crippen molar-refractivity contribution >= 4 is 34.2 Å². The summed E-state index contributed by atoms with van der Waals surface area (Å²) in [7, 11) is 0. The summed E-state index contributed by atoms with van der Waals surface area (Å²) in [4.78, 5) is 7.10. The predicted octanol–water partition coefficient (Wildman–Crippen LogP) is 6.17. The van der Waals surface area contributed by atoms with Gasteiger partial charge in [-0.15, -0.1) is 0 Å². The summed E-state index contributed by atoms with van der Waals surface area (Å²) < 4.78 is 2.23. The molecule has 0 amide bonds. The molecule has 5 heteroatoms. The van der Waals surface area contributed by atoms with E-state index in [4.69, 9.17) is 23.2 Å². The molecule has 0 radical (unpaired) electrons. The molecule has 1 aliphatic heterocycles. The summed E-state index contributed by atoms with van der Waals surface area (Å²) in [6.07, 6.45) is 5.36. The minimum absolute atomic E-state index is 0.439. The van der Waals surface area contributed by atoms with Gasteiger partial charge in [-0.25, -0.2) is 4.98 Å². The third-order valence-electron chi connectivity index (χ3n) is 5.82. The SMILES string of the molecule is CC(CCN1CCC(n2cnc3ccc(Cl)c(Cl)c32)CC1)c1ccccc1. The minimum atomic E-state index is 0.439. The first-order valence-corrected chi connectivity index (χ1v) is 10.5. The molecule has 0 aliphatic carbocycles. The lowest BCUT2D eigenvalue weighted by atomic mass is 9.97. The molecule has 1 aromatic heterocycles. The smallest absolute Gasteiger partial charge is 0.0961 e. The molecule has 0 spiro atoms. The number of likely N-dealkylation sites (tertiary alicyclic amines) is 1. The average molecular weight is 402 g/mol. The van der Waals surface area contributed by atoms with Crippen LogP contribution >= 0.6 is 23.2 Å². The largest absolute Gasteiger partial charge is 0.326 e. The van der Waals surface area contributed by atoms with Gasteiger partial charge in [0.15, 0.2) is 0 Å². The van der Waals surface area contributed by atoms with Gasteiger partial charge in [0.05, 0.1) is 27.4 Å². The van der Waals surface area contributed by atoms with Crippen LogP contribution in [0.5, 0.6) is 0 Å². The molecule has 0 saturated carbocycles. The summed E-state index contributed by atoms with van der Waals surface area (Å²) >= 11 is 12.7. The molecule has 4 rings (SSSR count). The van der Waals surface area contributed by atoms with Crippen molar-refractivity contribution in [1.29, 1.82) is 0 Å². The number of nitrogens with zero attached hydrogens (tertiary/aromatic N) is 3. The maximum absolute atomic E-state index is 6.46. The molecule has 2 aromatic carbocycles. The van der Waals surface area contributed by atoms with Gasteiger partial charge in [0, 0.05) is 19.1 Å². The first-order chi connectivity index (χ1) is 13.1. The maximum atomic E-state index is 6.46. The average Bonchev–Trinajstić information content (AvgIpc) is 3.15. The Labute approximate surface area is 170 Å². The van der Waals surface area contributed by atoms with Crippen molar-refractivity contribution in [3.05, 3.63) is 64.4 Å². The van der Waals surface area contributed by atoms with Crippen LogP contribution in [0.4, 0.5) is 0 Å². The highest BCUT2D eigenvalue weighted by atomic mass is 35.5. The van der Waals surface area contributed by atoms with E-state index in [1.807, 2.05) is 18.5 Å². The van der Waals surface area contributed by atoms with Crippen LogP contribution in [0, 0.1) is 0 Å². The third-order valence-corrected chi connectivity index (χ3v) is 6.62. The van der Waals surface area contributed by atoms with Crippen LogP contribution in [0.2, 0.25) is 10.0 Å². The van der Waals surface area contributed by atoms with E-state index in [0.717, 1.165) is 43.5 Å². The molecule has 3 aromatic rings. The van der Waals surface area contributed by atoms with Crippen molar-refractivity contribution < 1.29 is 0 Å². The van der Waals surface area contributed by atoms with Crippen molar-refractivity contribution in [3.63, 3.8) is 0 Å². The quantitative estimate of drug-likeness (QED) is 0.509. The van der Waals surface area contributed by atoms with Crippen LogP contribution in [0.25, 0.3) is 11.0 Å². The molecule has 3 nitrogen and oxygen atoms in total. The first-order valence-electron chi connectivity index (χ1n) is 9.71. The zero-order valence-corrected chi connectivity index (χ0v) is 17.1. The lowest BCUT2D eigenvalue weighted by Gasteiger charge is -2.33. The van der Waals surface area contributed by atoms with Crippen LogP contribution < -0.4 is 0 Å². The molecule has 0 N–H and O–H groups in total. The number of hydrogen-bond donors (Lipinski definition) is 0. The Balaban J connectivity index is 1.36. The molecular formula is C22H25Cl2N3. The number of imidazole rings is 1. The highest BCUT2D eigenvalue weighted by Crippen LogP contribution is 2.34. The molecule has 27 heavy (non-hydrogen) atoms. The topological polar surface area (TPSA) is 21.1 Å². The second-order valence-electron chi connectivity index (χ2n) is 7.55. The monoisotopic (exact) mass is 401 g/mol. The number of benzene rings is 2. The Morgan fingerprint density at radius 2 is 1.81 bits per heavy atom. The highest BCUT2D eigenvalue weighted by Gasteiger charge is 2.23. The molecule has 1 saturated heterocycles. The first kappa shape index (κ1) is 18.8. The van der Waals surface area contributed by atoms with Crippen molar-refractivity contribution in [2.24, 2.45) is 0 Å². The van der Waals surface area contributed by atoms with Crippen LogP contribution in [0.15, 0.2) is 48.8 Å². The molecule has 1 fully saturated rings. The summed E-state index contributed by atoms with van der Waals surface area (Å²) in [6, 6.07) is 15.0. The Bertz CT molecular complexity index is 899. The molecule has 0 bridgehead atoms. The summed E-state index contributed by atoms with van der Waals surface area (Å²) in [5.74, 6) is 0.600. The molecular weight excluding hydrogens is 377 g/mol. The Morgan fingerprint density at radius 3 is 2.56 bits per heavy atom. The third kappa shape index (κ3) is 4.01. The number of hydrogen-bond acceptors (Lipinski definition) is 2. The molecule has 1 atom stereocenters. The fourth-order valence-corrected chi connectivity index (χ4v) is 4.49. The van der Waals surface area contributed by atoms with Gasteiger partial charge in [0.25, 0.3) is 0 Å². The van der Waals surface area contributed by atoms with Crippen LogP contribution in [-0.4, -0.2) is 34.1 Å². The number of piperidine rings is 1. The highest BCUT2D eigenvalue weighted by molar-refractivity contribution is 6.44. The van der Waals surface area contributed by atoms with Gasteiger partial charge in [-0.05, 0) is 49.4 Å². The number of fused-ring (bicyclic) bond motifs is 1. The fraction of sp³-hybridized carbons (Fsp3) is 0.409. The number of aromatic nitrogens is 2. The van der Waals surface area contributed by atoms with Crippen molar-refractivity contribution in [3.8, 4) is 0 Å². The van der Waals surface area contributed by atoms with Gasteiger partial charge in [-0.2, -0.15) is 0 Å². The molecule has 2 heterocycles. The van der Waals surface area contributed by atoms with E-state index in [1.54, 1.807) is 0 Å². The number of rotatable bonds is 5. The van der Waals surface area contributed by atoms with Gasteiger partial charge >= 0.3 is 0 Å². The van der Waals surface area contributed by atoms with Gasteiger partial charge in [-0.1, -0.05) is 60.5 Å².